The highest BCUT2D eigenvalue weighted by atomic mass is 32.2. The summed E-state index contributed by atoms with van der Waals surface area (Å²) in [5.74, 6) is -1.07. The first-order chi connectivity index (χ1) is 8.72. The average Bonchev–Trinajstić information content (AvgIpc) is 2.67. The lowest BCUT2D eigenvalue weighted by molar-refractivity contribution is -0.0325. The summed E-state index contributed by atoms with van der Waals surface area (Å²) in [5, 5.41) is 20.0. The smallest absolute Gasteiger partial charge is 0.152 e. The number of nitriles is 1. The summed E-state index contributed by atoms with van der Waals surface area (Å²) in [6.07, 6.45) is 0.0509. The molecule has 1 fully saturated rings. The number of nitrogens with zero attached hydrogens (tertiary/aromatic N) is 1. The van der Waals surface area contributed by atoms with Crippen LogP contribution in [-0.4, -0.2) is 25.0 Å². The van der Waals surface area contributed by atoms with Gasteiger partial charge in [0.1, 0.15) is 16.8 Å². The highest BCUT2D eigenvalue weighted by Crippen LogP contribution is 2.47. The highest BCUT2D eigenvalue weighted by molar-refractivity contribution is 7.91. The summed E-state index contributed by atoms with van der Waals surface area (Å²) in [7, 11) is -3.34. The van der Waals surface area contributed by atoms with Gasteiger partial charge in [0.05, 0.1) is 17.6 Å². The van der Waals surface area contributed by atoms with E-state index in [1.54, 1.807) is 0 Å². The monoisotopic (exact) mass is 283 g/mol. The molecular weight excluding hydrogens is 269 g/mol. The molecule has 0 aliphatic carbocycles. The molecule has 1 heterocycles. The van der Waals surface area contributed by atoms with Crippen LogP contribution in [0.1, 0.15) is 18.9 Å². The minimum Gasteiger partial charge on any atom is -0.384 e. The van der Waals surface area contributed by atoms with Gasteiger partial charge in [0.25, 0.3) is 0 Å². The molecule has 0 amide bonds. The lowest BCUT2D eigenvalue weighted by atomic mass is 9.70. The number of rotatable bonds is 2. The van der Waals surface area contributed by atoms with E-state index in [1.807, 2.05) is 6.07 Å². The van der Waals surface area contributed by atoms with Crippen molar-refractivity contribution < 1.29 is 17.9 Å². The Morgan fingerprint density at radius 3 is 2.68 bits per heavy atom. The molecule has 4 nitrogen and oxygen atoms in total. The second-order valence-corrected chi connectivity index (χ2v) is 7.30. The molecule has 0 aromatic heterocycles. The van der Waals surface area contributed by atoms with Crippen LogP contribution in [0.3, 0.4) is 0 Å². The van der Waals surface area contributed by atoms with Gasteiger partial charge in [-0.05, 0) is 31.0 Å². The molecule has 1 aliphatic rings. The fourth-order valence-electron chi connectivity index (χ4n) is 2.50. The molecule has 2 rings (SSSR count). The van der Waals surface area contributed by atoms with Gasteiger partial charge in [0.15, 0.2) is 9.84 Å². The van der Waals surface area contributed by atoms with Gasteiger partial charge in [-0.1, -0.05) is 12.1 Å². The van der Waals surface area contributed by atoms with Gasteiger partial charge in [-0.25, -0.2) is 12.8 Å². The van der Waals surface area contributed by atoms with Gasteiger partial charge in [-0.15, -0.1) is 0 Å². The average molecular weight is 283 g/mol. The Hall–Kier alpha value is -1.45. The Morgan fingerprint density at radius 2 is 2.21 bits per heavy atom. The van der Waals surface area contributed by atoms with Crippen LogP contribution in [0.2, 0.25) is 0 Å². The van der Waals surface area contributed by atoms with Gasteiger partial charge in [-0.2, -0.15) is 5.26 Å². The van der Waals surface area contributed by atoms with E-state index in [1.165, 1.54) is 25.1 Å². The highest BCUT2D eigenvalue weighted by Gasteiger charge is 2.55. The maximum atomic E-state index is 13.3. The van der Waals surface area contributed by atoms with Gasteiger partial charge in [0.2, 0.25) is 0 Å². The van der Waals surface area contributed by atoms with Crippen LogP contribution in [0.15, 0.2) is 24.3 Å². The molecule has 1 saturated heterocycles. The van der Waals surface area contributed by atoms with Gasteiger partial charge in [0, 0.05) is 0 Å². The van der Waals surface area contributed by atoms with Gasteiger partial charge >= 0.3 is 0 Å². The van der Waals surface area contributed by atoms with Crippen molar-refractivity contribution in [2.75, 3.05) is 11.5 Å². The third-order valence-electron chi connectivity index (χ3n) is 3.84. The standard InChI is InChI=1S/C13H14FNO3S/c1-12(16,10-3-2-4-11(14)7-10)13(8-15)5-6-19(17,18)9-13/h2-4,7,16H,5-6,9H2,1H3. The Kier molecular flexibility index (Phi) is 3.15. The van der Waals surface area contributed by atoms with Crippen LogP contribution in [0.25, 0.3) is 0 Å². The van der Waals surface area contributed by atoms with E-state index in [0.29, 0.717) is 0 Å². The lowest BCUT2D eigenvalue weighted by Gasteiger charge is -2.36. The third-order valence-corrected chi connectivity index (χ3v) is 5.60. The molecular formula is C13H14FNO3S. The van der Waals surface area contributed by atoms with Crippen molar-refractivity contribution in [1.29, 1.82) is 5.26 Å². The molecule has 0 bridgehead atoms. The minimum atomic E-state index is -3.34. The summed E-state index contributed by atoms with van der Waals surface area (Å²) in [4.78, 5) is 0. The molecule has 6 heteroatoms. The summed E-state index contributed by atoms with van der Waals surface area (Å²) in [6.45, 7) is 1.37. The second-order valence-electron chi connectivity index (χ2n) is 5.12. The lowest BCUT2D eigenvalue weighted by Crippen LogP contribution is -2.43. The van der Waals surface area contributed by atoms with Gasteiger partial charge in [-0.3, -0.25) is 0 Å². The molecule has 102 valence electrons. The molecule has 1 aromatic rings. The van der Waals surface area contributed by atoms with Crippen molar-refractivity contribution >= 4 is 9.84 Å². The van der Waals surface area contributed by atoms with E-state index >= 15 is 0 Å². The predicted molar refractivity (Wildman–Crippen MR) is 67.3 cm³/mol. The largest absolute Gasteiger partial charge is 0.384 e. The minimum absolute atomic E-state index is 0.0509. The topological polar surface area (TPSA) is 78.2 Å². The van der Waals surface area contributed by atoms with Crippen molar-refractivity contribution in [3.8, 4) is 6.07 Å². The van der Waals surface area contributed by atoms with Crippen molar-refractivity contribution in [3.05, 3.63) is 35.6 Å². The number of sulfone groups is 1. The van der Waals surface area contributed by atoms with E-state index in [0.717, 1.165) is 6.07 Å². The fraction of sp³-hybridized carbons (Fsp3) is 0.462. The molecule has 0 radical (unpaired) electrons. The molecule has 1 aliphatic heterocycles. The fourth-order valence-corrected chi connectivity index (χ4v) is 4.54. The molecule has 1 N–H and O–H groups in total. The van der Waals surface area contributed by atoms with Crippen LogP contribution in [0.4, 0.5) is 4.39 Å². The zero-order valence-electron chi connectivity index (χ0n) is 10.4. The maximum Gasteiger partial charge on any atom is 0.152 e. The van der Waals surface area contributed by atoms with Crippen LogP contribution in [0.5, 0.6) is 0 Å². The number of aliphatic hydroxyl groups is 1. The summed E-state index contributed by atoms with van der Waals surface area (Å²) in [5.41, 5.74) is -2.93. The zero-order chi connectivity index (χ0) is 14.3. The Morgan fingerprint density at radius 1 is 1.53 bits per heavy atom. The van der Waals surface area contributed by atoms with E-state index in [9.17, 15) is 23.2 Å². The van der Waals surface area contributed by atoms with E-state index in [2.05, 4.69) is 0 Å². The Bertz CT molecular complexity index is 648. The number of hydrogen-bond donors (Lipinski definition) is 1. The number of hydrogen-bond acceptors (Lipinski definition) is 4. The summed E-state index contributed by atoms with van der Waals surface area (Å²) in [6, 6.07) is 7.21. The van der Waals surface area contributed by atoms with E-state index < -0.39 is 32.4 Å². The van der Waals surface area contributed by atoms with Crippen LogP contribution in [0, 0.1) is 22.6 Å². The van der Waals surface area contributed by atoms with E-state index in [4.69, 9.17) is 0 Å². The van der Waals surface area contributed by atoms with Crippen LogP contribution < -0.4 is 0 Å². The van der Waals surface area contributed by atoms with Crippen LogP contribution in [-0.2, 0) is 15.4 Å². The van der Waals surface area contributed by atoms with E-state index in [-0.39, 0.29) is 17.7 Å². The van der Waals surface area contributed by atoms with Crippen molar-refractivity contribution in [3.63, 3.8) is 0 Å². The molecule has 1 aromatic carbocycles. The first kappa shape index (κ1) is 14.0. The van der Waals surface area contributed by atoms with Crippen molar-refractivity contribution in [1.82, 2.24) is 0 Å². The molecule has 0 spiro atoms. The Labute approximate surface area is 111 Å². The van der Waals surface area contributed by atoms with Gasteiger partial charge < -0.3 is 5.11 Å². The molecule has 2 atom stereocenters. The quantitative estimate of drug-likeness (QED) is 0.889. The third kappa shape index (κ3) is 2.24. The maximum absolute atomic E-state index is 13.3. The molecule has 2 unspecified atom stereocenters. The van der Waals surface area contributed by atoms with Crippen molar-refractivity contribution in [2.24, 2.45) is 5.41 Å². The first-order valence-corrected chi connectivity index (χ1v) is 7.65. The predicted octanol–water partition coefficient (Wildman–Crippen LogP) is 1.36. The normalized spacial score (nSPS) is 28.5. The Balaban J connectivity index is 2.52. The number of benzene rings is 1. The van der Waals surface area contributed by atoms with Crippen LogP contribution >= 0.6 is 0 Å². The SMILES string of the molecule is CC(O)(c1cccc(F)c1)C1(C#N)CCS(=O)(=O)C1. The molecule has 0 saturated carbocycles. The summed E-state index contributed by atoms with van der Waals surface area (Å²) < 4.78 is 36.5. The number of halogens is 1. The zero-order valence-corrected chi connectivity index (χ0v) is 11.2. The molecule has 19 heavy (non-hydrogen) atoms. The second kappa shape index (κ2) is 4.29. The first-order valence-electron chi connectivity index (χ1n) is 5.83. The van der Waals surface area contributed by atoms with Crippen molar-refractivity contribution in [2.45, 2.75) is 18.9 Å². The summed E-state index contributed by atoms with van der Waals surface area (Å²) >= 11 is 0.